The minimum Gasteiger partial charge on any atom is -0.218 e. The van der Waals surface area contributed by atoms with Gasteiger partial charge in [-0.2, -0.15) is 26.3 Å². The summed E-state index contributed by atoms with van der Waals surface area (Å²) in [7, 11) is 0. The van der Waals surface area contributed by atoms with Gasteiger partial charge in [-0.3, -0.25) is 0 Å². The standard InChI is InChI=1S/C9H4F7I/c10-7(8(11,12)13,9(14,15)16)5-2-1-3-6(17)4-5/h1-4H. The summed E-state index contributed by atoms with van der Waals surface area (Å²) in [6.07, 6.45) is -12.1. The zero-order valence-electron chi connectivity index (χ0n) is 7.83. The SMILES string of the molecule is FC(F)(F)C(F)(c1cccc(I)c1)C(F)(F)F. The van der Waals surface area contributed by atoms with Crippen molar-refractivity contribution in [2.45, 2.75) is 18.0 Å². The van der Waals surface area contributed by atoms with E-state index in [1.807, 2.05) is 0 Å². The van der Waals surface area contributed by atoms with E-state index in [1.165, 1.54) is 28.7 Å². The molecule has 0 saturated heterocycles. The summed E-state index contributed by atoms with van der Waals surface area (Å²) in [6, 6.07) is 3.17. The number of alkyl halides is 7. The van der Waals surface area contributed by atoms with Gasteiger partial charge in [-0.05, 0) is 34.7 Å². The van der Waals surface area contributed by atoms with Crippen LogP contribution in [0.15, 0.2) is 24.3 Å². The maximum Gasteiger partial charge on any atom is 0.435 e. The monoisotopic (exact) mass is 372 g/mol. The van der Waals surface area contributed by atoms with Gasteiger partial charge in [0.1, 0.15) is 0 Å². The molecule has 0 fully saturated rings. The quantitative estimate of drug-likeness (QED) is 0.500. The van der Waals surface area contributed by atoms with Crippen molar-refractivity contribution in [2.75, 3.05) is 0 Å². The zero-order chi connectivity index (χ0) is 13.5. The summed E-state index contributed by atoms with van der Waals surface area (Å²) in [5.41, 5.74) is -6.81. The van der Waals surface area contributed by atoms with Gasteiger partial charge in [0.15, 0.2) is 0 Å². The maximum absolute atomic E-state index is 13.5. The fourth-order valence-electron chi connectivity index (χ4n) is 1.19. The Kier molecular flexibility index (Phi) is 3.66. The molecule has 0 aliphatic carbocycles. The fraction of sp³-hybridized carbons (Fsp3) is 0.333. The first-order chi connectivity index (χ1) is 7.50. The first-order valence-electron chi connectivity index (χ1n) is 4.08. The van der Waals surface area contributed by atoms with Crippen LogP contribution < -0.4 is 0 Å². The first-order valence-corrected chi connectivity index (χ1v) is 5.16. The molecule has 1 aromatic carbocycles. The molecule has 0 radical (unpaired) electrons. The Hall–Kier alpha value is -0.540. The van der Waals surface area contributed by atoms with Crippen molar-refractivity contribution in [1.29, 1.82) is 0 Å². The molecule has 0 atom stereocenters. The molecule has 1 rings (SSSR count). The van der Waals surface area contributed by atoms with Crippen LogP contribution in [0.1, 0.15) is 5.56 Å². The van der Waals surface area contributed by atoms with Gasteiger partial charge in [0, 0.05) is 9.13 Å². The van der Waals surface area contributed by atoms with Crippen LogP contribution in [0.25, 0.3) is 0 Å². The van der Waals surface area contributed by atoms with Gasteiger partial charge in [0.25, 0.3) is 0 Å². The molecule has 0 saturated carbocycles. The predicted octanol–water partition coefficient (Wildman–Crippen LogP) is 4.58. The minimum atomic E-state index is -6.06. The molecule has 8 heteroatoms. The highest BCUT2D eigenvalue weighted by Gasteiger charge is 2.73. The molecule has 0 heterocycles. The largest absolute Gasteiger partial charge is 0.435 e. The number of hydrogen-bond acceptors (Lipinski definition) is 0. The third-order valence-corrected chi connectivity index (χ3v) is 2.67. The van der Waals surface area contributed by atoms with Gasteiger partial charge in [-0.15, -0.1) is 0 Å². The van der Waals surface area contributed by atoms with Crippen molar-refractivity contribution in [2.24, 2.45) is 0 Å². The average Bonchev–Trinajstić information content (AvgIpc) is 2.12. The molecule has 0 nitrogen and oxygen atoms in total. The van der Waals surface area contributed by atoms with Gasteiger partial charge < -0.3 is 0 Å². The number of rotatable bonds is 1. The lowest BCUT2D eigenvalue weighted by Gasteiger charge is -2.30. The van der Waals surface area contributed by atoms with E-state index >= 15 is 0 Å². The van der Waals surface area contributed by atoms with Gasteiger partial charge in [0.2, 0.25) is 0 Å². The van der Waals surface area contributed by atoms with E-state index in [-0.39, 0.29) is 3.57 Å². The molecule has 0 spiro atoms. The van der Waals surface area contributed by atoms with E-state index in [2.05, 4.69) is 0 Å². The Balaban J connectivity index is 3.46. The van der Waals surface area contributed by atoms with Crippen LogP contribution >= 0.6 is 22.6 Å². The van der Waals surface area contributed by atoms with Crippen molar-refractivity contribution >= 4 is 22.6 Å². The lowest BCUT2D eigenvalue weighted by atomic mass is 9.94. The Morgan fingerprint density at radius 1 is 0.824 bits per heavy atom. The topological polar surface area (TPSA) is 0 Å². The molecule has 0 aromatic heterocycles. The van der Waals surface area contributed by atoms with Crippen LogP contribution in [0.2, 0.25) is 0 Å². The zero-order valence-corrected chi connectivity index (χ0v) is 9.99. The Morgan fingerprint density at radius 3 is 1.65 bits per heavy atom. The van der Waals surface area contributed by atoms with E-state index in [1.54, 1.807) is 0 Å². The second-order valence-corrected chi connectivity index (χ2v) is 4.41. The maximum atomic E-state index is 13.5. The lowest BCUT2D eigenvalue weighted by molar-refractivity contribution is -0.348. The number of halogens is 8. The van der Waals surface area contributed by atoms with Crippen LogP contribution in [-0.2, 0) is 5.67 Å². The summed E-state index contributed by atoms with van der Waals surface area (Å²) in [5.74, 6) is 0. The van der Waals surface area contributed by atoms with E-state index in [9.17, 15) is 30.7 Å². The van der Waals surface area contributed by atoms with Gasteiger partial charge in [-0.25, -0.2) is 4.39 Å². The van der Waals surface area contributed by atoms with Crippen LogP contribution in [-0.4, -0.2) is 12.4 Å². The average molecular weight is 372 g/mol. The van der Waals surface area contributed by atoms with E-state index in [0.29, 0.717) is 12.1 Å². The third-order valence-electron chi connectivity index (χ3n) is 2.00. The summed E-state index contributed by atoms with van der Waals surface area (Å²) < 4.78 is 87.5. The minimum absolute atomic E-state index is 0.0793. The van der Waals surface area contributed by atoms with Crippen LogP contribution in [0.3, 0.4) is 0 Å². The third kappa shape index (κ3) is 2.50. The second-order valence-electron chi connectivity index (χ2n) is 3.16. The highest BCUT2D eigenvalue weighted by atomic mass is 127. The van der Waals surface area contributed by atoms with Gasteiger partial charge in [-0.1, -0.05) is 12.1 Å². The second kappa shape index (κ2) is 4.29. The van der Waals surface area contributed by atoms with Crippen molar-refractivity contribution in [3.8, 4) is 0 Å². The molecule has 0 aliphatic rings. The Morgan fingerprint density at radius 2 is 1.29 bits per heavy atom. The fourth-order valence-corrected chi connectivity index (χ4v) is 1.73. The van der Waals surface area contributed by atoms with Crippen molar-refractivity contribution in [3.63, 3.8) is 0 Å². The molecular weight excluding hydrogens is 368 g/mol. The predicted molar refractivity (Wildman–Crippen MR) is 54.1 cm³/mol. The molecule has 17 heavy (non-hydrogen) atoms. The summed E-state index contributed by atoms with van der Waals surface area (Å²) in [6.45, 7) is 0. The molecule has 0 unspecified atom stereocenters. The van der Waals surface area contributed by atoms with E-state index in [0.717, 1.165) is 6.07 Å². The highest BCUT2D eigenvalue weighted by Crippen LogP contribution is 2.53. The van der Waals surface area contributed by atoms with Crippen molar-refractivity contribution in [1.82, 2.24) is 0 Å². The van der Waals surface area contributed by atoms with Gasteiger partial charge in [0.05, 0.1) is 0 Å². The summed E-state index contributed by atoms with van der Waals surface area (Å²) in [5, 5.41) is 0. The molecule has 0 N–H and O–H groups in total. The number of hydrogen-bond donors (Lipinski definition) is 0. The summed E-state index contributed by atoms with van der Waals surface area (Å²) in [4.78, 5) is 0. The van der Waals surface area contributed by atoms with E-state index in [4.69, 9.17) is 0 Å². The van der Waals surface area contributed by atoms with Crippen LogP contribution in [0, 0.1) is 3.57 Å². The molecule has 1 aromatic rings. The Labute approximate surface area is 105 Å². The molecular formula is C9H4F7I. The number of benzene rings is 1. The first kappa shape index (κ1) is 14.5. The normalized spacial score (nSPS) is 13.9. The van der Waals surface area contributed by atoms with Crippen LogP contribution in [0.4, 0.5) is 30.7 Å². The smallest absolute Gasteiger partial charge is 0.218 e. The molecule has 0 aliphatic heterocycles. The van der Waals surface area contributed by atoms with E-state index < -0.39 is 23.6 Å². The van der Waals surface area contributed by atoms with Crippen LogP contribution in [0.5, 0.6) is 0 Å². The Bertz CT molecular complexity index is 393. The molecule has 96 valence electrons. The lowest BCUT2D eigenvalue weighted by Crippen LogP contribution is -2.50. The highest BCUT2D eigenvalue weighted by molar-refractivity contribution is 14.1. The summed E-state index contributed by atoms with van der Waals surface area (Å²) >= 11 is 1.50. The molecule has 0 amide bonds. The van der Waals surface area contributed by atoms with Crippen molar-refractivity contribution in [3.05, 3.63) is 33.4 Å². The van der Waals surface area contributed by atoms with Crippen molar-refractivity contribution < 1.29 is 30.7 Å². The van der Waals surface area contributed by atoms with Gasteiger partial charge >= 0.3 is 18.0 Å². The molecule has 0 bridgehead atoms.